The highest BCUT2D eigenvalue weighted by Crippen LogP contribution is 2.24. The zero-order valence-electron chi connectivity index (χ0n) is 15.2. The molecular formula is C21H16ClN5OS. The van der Waals surface area contributed by atoms with Gasteiger partial charge in [-0.05, 0) is 65.0 Å². The molecule has 0 aliphatic rings. The van der Waals surface area contributed by atoms with E-state index in [1.54, 1.807) is 40.7 Å². The number of tetrazole rings is 1. The molecule has 0 radical (unpaired) electrons. The minimum atomic E-state index is -0.199. The number of nitrogens with one attached hydrogen (secondary N) is 1. The first-order chi connectivity index (χ1) is 14.2. The Morgan fingerprint density at radius 1 is 1.00 bits per heavy atom. The molecule has 0 bridgehead atoms. The summed E-state index contributed by atoms with van der Waals surface area (Å²) < 4.78 is 1.73. The standard InChI is InChI=1S/C21H16ClN5OS/c22-16-6-4-5-15(13-16)21(28)23-17-9-11-19(12-10-17)29-14-20-24-25-26-27(20)18-7-2-1-3-8-18/h1-13H,14H2,(H,23,28). The van der Waals surface area contributed by atoms with Crippen LogP contribution in [0.4, 0.5) is 5.69 Å². The molecule has 1 aromatic heterocycles. The van der Waals surface area contributed by atoms with E-state index in [1.807, 2.05) is 54.6 Å². The lowest BCUT2D eigenvalue weighted by Crippen LogP contribution is -2.11. The van der Waals surface area contributed by atoms with Crippen molar-refractivity contribution >= 4 is 35.0 Å². The van der Waals surface area contributed by atoms with Crippen molar-refractivity contribution in [2.24, 2.45) is 0 Å². The van der Waals surface area contributed by atoms with Crippen LogP contribution >= 0.6 is 23.4 Å². The number of halogens is 1. The van der Waals surface area contributed by atoms with Gasteiger partial charge in [-0.1, -0.05) is 35.9 Å². The largest absolute Gasteiger partial charge is 0.322 e. The van der Waals surface area contributed by atoms with Gasteiger partial charge in [0, 0.05) is 21.2 Å². The molecule has 3 aromatic carbocycles. The normalized spacial score (nSPS) is 10.7. The summed E-state index contributed by atoms with van der Waals surface area (Å²) in [6, 6.07) is 24.3. The van der Waals surface area contributed by atoms with Crippen LogP contribution in [-0.4, -0.2) is 26.1 Å². The summed E-state index contributed by atoms with van der Waals surface area (Å²) >= 11 is 7.56. The SMILES string of the molecule is O=C(Nc1ccc(SCc2nnnn2-c2ccccc2)cc1)c1cccc(Cl)c1. The van der Waals surface area contributed by atoms with E-state index >= 15 is 0 Å². The highest BCUT2D eigenvalue weighted by molar-refractivity contribution is 7.98. The van der Waals surface area contributed by atoms with Crippen molar-refractivity contribution in [3.63, 3.8) is 0 Å². The summed E-state index contributed by atoms with van der Waals surface area (Å²) in [6.45, 7) is 0. The van der Waals surface area contributed by atoms with E-state index in [1.165, 1.54) is 0 Å². The predicted molar refractivity (Wildman–Crippen MR) is 115 cm³/mol. The zero-order valence-corrected chi connectivity index (χ0v) is 16.8. The minimum Gasteiger partial charge on any atom is -0.322 e. The summed E-state index contributed by atoms with van der Waals surface area (Å²) in [6.07, 6.45) is 0. The van der Waals surface area contributed by atoms with Crippen LogP contribution in [0.15, 0.2) is 83.8 Å². The van der Waals surface area contributed by atoms with E-state index < -0.39 is 0 Å². The first kappa shape index (κ1) is 19.2. The number of aromatic nitrogens is 4. The monoisotopic (exact) mass is 421 g/mol. The second-order valence-corrected chi connectivity index (χ2v) is 7.61. The number of para-hydroxylation sites is 1. The van der Waals surface area contributed by atoms with Gasteiger partial charge in [0.2, 0.25) is 0 Å². The molecule has 4 aromatic rings. The maximum Gasteiger partial charge on any atom is 0.255 e. The Balaban J connectivity index is 1.38. The van der Waals surface area contributed by atoms with Gasteiger partial charge in [0.1, 0.15) is 0 Å². The van der Waals surface area contributed by atoms with Crippen molar-refractivity contribution in [1.29, 1.82) is 0 Å². The summed E-state index contributed by atoms with van der Waals surface area (Å²) in [5.74, 6) is 1.19. The third-order valence-electron chi connectivity index (χ3n) is 4.10. The Labute approximate surface area is 176 Å². The number of hydrogen-bond acceptors (Lipinski definition) is 5. The fourth-order valence-electron chi connectivity index (χ4n) is 2.68. The summed E-state index contributed by atoms with van der Waals surface area (Å²) in [5, 5.41) is 15.4. The van der Waals surface area contributed by atoms with Gasteiger partial charge in [0.25, 0.3) is 5.91 Å². The van der Waals surface area contributed by atoms with Crippen LogP contribution in [0.3, 0.4) is 0 Å². The van der Waals surface area contributed by atoms with Gasteiger partial charge in [0.15, 0.2) is 5.82 Å². The molecule has 0 fully saturated rings. The van der Waals surface area contributed by atoms with Crippen molar-refractivity contribution < 1.29 is 4.79 Å². The molecule has 0 saturated heterocycles. The first-order valence-electron chi connectivity index (χ1n) is 8.81. The van der Waals surface area contributed by atoms with E-state index in [-0.39, 0.29) is 5.91 Å². The fraction of sp³-hybridized carbons (Fsp3) is 0.0476. The van der Waals surface area contributed by atoms with Gasteiger partial charge in [-0.3, -0.25) is 4.79 Å². The molecule has 0 atom stereocenters. The lowest BCUT2D eigenvalue weighted by atomic mass is 10.2. The van der Waals surface area contributed by atoms with Crippen LogP contribution in [0.1, 0.15) is 16.2 Å². The zero-order chi connectivity index (χ0) is 20.1. The number of benzene rings is 3. The van der Waals surface area contributed by atoms with Gasteiger partial charge in [-0.15, -0.1) is 16.9 Å². The maximum atomic E-state index is 12.3. The molecule has 1 heterocycles. The third kappa shape index (κ3) is 4.82. The minimum absolute atomic E-state index is 0.199. The van der Waals surface area contributed by atoms with Gasteiger partial charge < -0.3 is 5.32 Å². The number of hydrogen-bond donors (Lipinski definition) is 1. The molecule has 0 unspecified atom stereocenters. The molecule has 1 amide bonds. The maximum absolute atomic E-state index is 12.3. The molecule has 4 rings (SSSR count). The van der Waals surface area contributed by atoms with Crippen molar-refractivity contribution in [2.75, 3.05) is 5.32 Å². The average Bonchev–Trinajstić information content (AvgIpc) is 3.22. The van der Waals surface area contributed by atoms with Gasteiger partial charge in [0.05, 0.1) is 11.4 Å². The fourth-order valence-corrected chi connectivity index (χ4v) is 3.68. The Morgan fingerprint density at radius 2 is 1.79 bits per heavy atom. The summed E-state index contributed by atoms with van der Waals surface area (Å²) in [4.78, 5) is 13.4. The second-order valence-electron chi connectivity index (χ2n) is 6.12. The molecule has 0 aliphatic heterocycles. The van der Waals surface area contributed by atoms with Gasteiger partial charge in [-0.25, -0.2) is 0 Å². The number of thioether (sulfide) groups is 1. The molecule has 0 saturated carbocycles. The number of rotatable bonds is 6. The van der Waals surface area contributed by atoms with E-state index in [0.717, 1.165) is 16.4 Å². The molecular weight excluding hydrogens is 406 g/mol. The van der Waals surface area contributed by atoms with E-state index in [4.69, 9.17) is 11.6 Å². The van der Waals surface area contributed by atoms with Crippen LogP contribution in [0.2, 0.25) is 5.02 Å². The number of carbonyl (C=O) groups is 1. The van der Waals surface area contributed by atoms with Crippen LogP contribution in [0.5, 0.6) is 0 Å². The van der Waals surface area contributed by atoms with Crippen molar-refractivity contribution in [1.82, 2.24) is 20.2 Å². The molecule has 144 valence electrons. The molecule has 6 nitrogen and oxygen atoms in total. The predicted octanol–water partition coefficient (Wildman–Crippen LogP) is 4.86. The molecule has 0 aliphatic carbocycles. The first-order valence-corrected chi connectivity index (χ1v) is 10.2. The number of amides is 1. The molecule has 29 heavy (non-hydrogen) atoms. The Bertz CT molecular complexity index is 1120. The van der Waals surface area contributed by atoms with Gasteiger partial charge >= 0.3 is 0 Å². The Morgan fingerprint density at radius 3 is 2.55 bits per heavy atom. The summed E-state index contributed by atoms with van der Waals surface area (Å²) in [5.41, 5.74) is 2.16. The highest BCUT2D eigenvalue weighted by Gasteiger charge is 2.09. The van der Waals surface area contributed by atoms with Crippen LogP contribution < -0.4 is 5.32 Å². The second kappa shape index (κ2) is 8.89. The number of nitrogens with zero attached hydrogens (tertiary/aromatic N) is 4. The molecule has 0 spiro atoms. The molecule has 1 N–H and O–H groups in total. The Kier molecular flexibility index (Phi) is 5.88. The summed E-state index contributed by atoms with van der Waals surface area (Å²) in [7, 11) is 0. The smallest absolute Gasteiger partial charge is 0.255 e. The number of anilines is 1. The van der Waals surface area contributed by atoms with Gasteiger partial charge in [-0.2, -0.15) is 4.68 Å². The highest BCUT2D eigenvalue weighted by atomic mass is 35.5. The topological polar surface area (TPSA) is 72.7 Å². The molecule has 8 heteroatoms. The quantitative estimate of drug-likeness (QED) is 0.450. The average molecular weight is 422 g/mol. The van der Waals surface area contributed by atoms with E-state index in [0.29, 0.717) is 22.0 Å². The Hall–Kier alpha value is -3.16. The van der Waals surface area contributed by atoms with Crippen LogP contribution in [-0.2, 0) is 5.75 Å². The van der Waals surface area contributed by atoms with E-state index in [2.05, 4.69) is 20.8 Å². The number of carbonyl (C=O) groups excluding carboxylic acids is 1. The lowest BCUT2D eigenvalue weighted by molar-refractivity contribution is 0.102. The van der Waals surface area contributed by atoms with Crippen molar-refractivity contribution in [2.45, 2.75) is 10.6 Å². The van der Waals surface area contributed by atoms with Crippen LogP contribution in [0.25, 0.3) is 5.69 Å². The van der Waals surface area contributed by atoms with E-state index in [9.17, 15) is 4.79 Å². The lowest BCUT2D eigenvalue weighted by Gasteiger charge is -2.07. The van der Waals surface area contributed by atoms with Crippen molar-refractivity contribution in [3.05, 3.63) is 95.3 Å². The van der Waals surface area contributed by atoms with Crippen LogP contribution in [0, 0.1) is 0 Å². The third-order valence-corrected chi connectivity index (χ3v) is 5.34. The van der Waals surface area contributed by atoms with Crippen molar-refractivity contribution in [3.8, 4) is 5.69 Å².